The minimum absolute atomic E-state index is 0.0163. The largest absolute Gasteiger partial charge is 0.490 e. The standard InChI is InChI=1S/C23H24N2O6S/c1-3-30-22-15-18(14-19(16-24)23(26)25-10-12-29-13-11-25)6-9-21(22)31-32(27,28)20-7-4-17(2)5-8-20/h4-9,14-15H,3,10-13H2,1-2H3/b19-14+. The minimum atomic E-state index is -4.06. The lowest BCUT2D eigenvalue weighted by Gasteiger charge is -2.26. The fraction of sp³-hybridized carbons (Fsp3) is 0.304. The van der Waals surface area contributed by atoms with Crippen molar-refractivity contribution in [3.05, 3.63) is 59.2 Å². The van der Waals surface area contributed by atoms with E-state index < -0.39 is 10.1 Å². The minimum Gasteiger partial charge on any atom is -0.490 e. The second-order valence-corrected chi connectivity index (χ2v) is 8.61. The van der Waals surface area contributed by atoms with Gasteiger partial charge >= 0.3 is 10.1 Å². The van der Waals surface area contributed by atoms with E-state index in [0.717, 1.165) is 5.56 Å². The summed E-state index contributed by atoms with van der Waals surface area (Å²) in [5.74, 6) is -0.174. The molecule has 1 heterocycles. The smallest absolute Gasteiger partial charge is 0.339 e. The molecule has 168 valence electrons. The molecule has 9 heteroatoms. The highest BCUT2D eigenvalue weighted by Gasteiger charge is 2.22. The van der Waals surface area contributed by atoms with Crippen LogP contribution in [0.25, 0.3) is 6.08 Å². The van der Waals surface area contributed by atoms with E-state index in [1.807, 2.05) is 13.0 Å². The van der Waals surface area contributed by atoms with Gasteiger partial charge in [0.25, 0.3) is 5.91 Å². The van der Waals surface area contributed by atoms with Crippen LogP contribution in [-0.4, -0.2) is 52.1 Å². The van der Waals surface area contributed by atoms with Gasteiger partial charge in [-0.15, -0.1) is 0 Å². The van der Waals surface area contributed by atoms with Crippen molar-refractivity contribution in [2.45, 2.75) is 18.7 Å². The third-order valence-electron chi connectivity index (χ3n) is 4.74. The number of nitrogens with zero attached hydrogens (tertiary/aromatic N) is 2. The average molecular weight is 457 g/mol. The van der Waals surface area contributed by atoms with E-state index in [1.165, 1.54) is 30.3 Å². The summed E-state index contributed by atoms with van der Waals surface area (Å²) in [5, 5.41) is 9.48. The van der Waals surface area contributed by atoms with Crippen molar-refractivity contribution in [2.24, 2.45) is 0 Å². The Morgan fingerprint density at radius 1 is 1.16 bits per heavy atom. The van der Waals surface area contributed by atoms with Crippen LogP contribution in [0.5, 0.6) is 11.5 Å². The van der Waals surface area contributed by atoms with Crippen molar-refractivity contribution in [1.82, 2.24) is 4.90 Å². The van der Waals surface area contributed by atoms with Gasteiger partial charge in [0, 0.05) is 13.1 Å². The van der Waals surface area contributed by atoms with Crippen molar-refractivity contribution in [1.29, 1.82) is 5.26 Å². The number of nitriles is 1. The average Bonchev–Trinajstić information content (AvgIpc) is 2.79. The predicted octanol–water partition coefficient (Wildman–Crippen LogP) is 2.93. The second kappa shape index (κ2) is 10.3. The van der Waals surface area contributed by atoms with E-state index >= 15 is 0 Å². The number of rotatable bonds is 7. The van der Waals surface area contributed by atoms with Gasteiger partial charge in [-0.25, -0.2) is 0 Å². The van der Waals surface area contributed by atoms with Gasteiger partial charge in [-0.1, -0.05) is 23.8 Å². The lowest BCUT2D eigenvalue weighted by atomic mass is 10.1. The van der Waals surface area contributed by atoms with E-state index in [2.05, 4.69) is 0 Å². The van der Waals surface area contributed by atoms with Crippen LogP contribution in [0.1, 0.15) is 18.1 Å². The maximum absolute atomic E-state index is 12.6. The van der Waals surface area contributed by atoms with Crippen LogP contribution in [0.2, 0.25) is 0 Å². The van der Waals surface area contributed by atoms with Crippen molar-refractivity contribution < 1.29 is 26.9 Å². The van der Waals surface area contributed by atoms with E-state index in [1.54, 1.807) is 30.0 Å². The summed E-state index contributed by atoms with van der Waals surface area (Å²) in [7, 11) is -4.06. The molecule has 0 atom stereocenters. The summed E-state index contributed by atoms with van der Waals surface area (Å²) >= 11 is 0. The summed E-state index contributed by atoms with van der Waals surface area (Å²) in [5.41, 5.74) is 1.40. The maximum atomic E-state index is 12.6. The highest BCUT2D eigenvalue weighted by Crippen LogP contribution is 2.32. The van der Waals surface area contributed by atoms with Crippen LogP contribution >= 0.6 is 0 Å². The number of amides is 1. The van der Waals surface area contributed by atoms with Crippen LogP contribution in [0.3, 0.4) is 0 Å². The van der Waals surface area contributed by atoms with Crippen molar-refractivity contribution in [3.63, 3.8) is 0 Å². The number of hydrogen-bond donors (Lipinski definition) is 0. The first kappa shape index (κ1) is 23.3. The Morgan fingerprint density at radius 3 is 2.47 bits per heavy atom. The quantitative estimate of drug-likeness (QED) is 0.358. The topological polar surface area (TPSA) is 106 Å². The molecule has 0 aromatic heterocycles. The van der Waals surface area contributed by atoms with Gasteiger partial charge in [-0.2, -0.15) is 13.7 Å². The Hall–Kier alpha value is -3.35. The summed E-state index contributed by atoms with van der Waals surface area (Å²) in [6.07, 6.45) is 1.44. The van der Waals surface area contributed by atoms with E-state index in [-0.39, 0.29) is 34.5 Å². The highest BCUT2D eigenvalue weighted by atomic mass is 32.2. The van der Waals surface area contributed by atoms with Gasteiger partial charge in [-0.3, -0.25) is 4.79 Å². The molecule has 0 spiro atoms. The summed E-state index contributed by atoms with van der Waals surface area (Å²) in [6.45, 7) is 5.59. The van der Waals surface area contributed by atoms with Crippen LogP contribution in [-0.2, 0) is 19.6 Å². The van der Waals surface area contributed by atoms with E-state index in [9.17, 15) is 18.5 Å². The molecule has 1 aliphatic rings. The zero-order valence-corrected chi connectivity index (χ0v) is 18.7. The van der Waals surface area contributed by atoms with Crippen molar-refractivity contribution in [2.75, 3.05) is 32.9 Å². The third-order valence-corrected chi connectivity index (χ3v) is 5.99. The first-order valence-electron chi connectivity index (χ1n) is 10.1. The molecule has 0 aliphatic carbocycles. The first-order chi connectivity index (χ1) is 15.3. The zero-order chi connectivity index (χ0) is 23.1. The highest BCUT2D eigenvalue weighted by molar-refractivity contribution is 7.87. The third kappa shape index (κ3) is 5.66. The van der Waals surface area contributed by atoms with Gasteiger partial charge in [-0.05, 0) is 49.8 Å². The molecule has 8 nitrogen and oxygen atoms in total. The lowest BCUT2D eigenvalue weighted by molar-refractivity contribution is -0.130. The Bertz CT molecular complexity index is 1140. The normalized spacial score (nSPS) is 14.5. The monoisotopic (exact) mass is 456 g/mol. The van der Waals surface area contributed by atoms with Crippen molar-refractivity contribution >= 4 is 22.1 Å². The lowest BCUT2D eigenvalue weighted by Crippen LogP contribution is -2.41. The number of hydrogen-bond acceptors (Lipinski definition) is 7. The Balaban J connectivity index is 1.88. The van der Waals surface area contributed by atoms with E-state index in [0.29, 0.717) is 31.9 Å². The number of carbonyl (C=O) groups is 1. The summed E-state index contributed by atoms with van der Waals surface area (Å²) < 4.78 is 41.4. The molecule has 0 radical (unpaired) electrons. The van der Waals surface area contributed by atoms with Gasteiger partial charge in [0.2, 0.25) is 0 Å². The molecular formula is C23H24N2O6S. The Labute approximate surface area is 187 Å². The van der Waals surface area contributed by atoms with E-state index in [4.69, 9.17) is 13.7 Å². The number of ether oxygens (including phenoxy) is 2. The molecule has 2 aromatic carbocycles. The van der Waals surface area contributed by atoms with Gasteiger partial charge < -0.3 is 18.6 Å². The number of carbonyl (C=O) groups excluding carboxylic acids is 1. The molecule has 1 saturated heterocycles. The van der Waals surface area contributed by atoms with Crippen LogP contribution in [0.4, 0.5) is 0 Å². The van der Waals surface area contributed by atoms with Gasteiger partial charge in [0.15, 0.2) is 11.5 Å². The molecule has 0 N–H and O–H groups in total. The summed E-state index contributed by atoms with van der Waals surface area (Å²) in [4.78, 5) is 14.2. The number of benzene rings is 2. The molecule has 3 rings (SSSR count). The number of aryl methyl sites for hydroxylation is 1. The molecule has 1 amide bonds. The van der Waals surface area contributed by atoms with Crippen LogP contribution in [0.15, 0.2) is 52.9 Å². The van der Waals surface area contributed by atoms with Crippen LogP contribution in [0, 0.1) is 18.3 Å². The van der Waals surface area contributed by atoms with Crippen LogP contribution < -0.4 is 8.92 Å². The molecule has 32 heavy (non-hydrogen) atoms. The fourth-order valence-corrected chi connectivity index (χ4v) is 4.01. The van der Waals surface area contributed by atoms with Gasteiger partial charge in [0.1, 0.15) is 16.5 Å². The number of morpholine rings is 1. The SMILES string of the molecule is CCOc1cc(/C=C(\C#N)C(=O)N2CCOCC2)ccc1OS(=O)(=O)c1ccc(C)cc1. The predicted molar refractivity (Wildman–Crippen MR) is 118 cm³/mol. The summed E-state index contributed by atoms with van der Waals surface area (Å²) in [6, 6.07) is 12.8. The molecule has 1 fully saturated rings. The Kier molecular flexibility index (Phi) is 7.51. The zero-order valence-electron chi connectivity index (χ0n) is 17.9. The Morgan fingerprint density at radius 2 is 1.84 bits per heavy atom. The molecule has 0 saturated carbocycles. The first-order valence-corrected chi connectivity index (χ1v) is 11.5. The molecule has 1 aliphatic heterocycles. The fourth-order valence-electron chi connectivity index (χ4n) is 3.07. The molecule has 2 aromatic rings. The molecule has 0 bridgehead atoms. The van der Waals surface area contributed by atoms with Crippen molar-refractivity contribution in [3.8, 4) is 17.6 Å². The second-order valence-electron chi connectivity index (χ2n) is 7.06. The maximum Gasteiger partial charge on any atom is 0.339 e. The molecule has 0 unspecified atom stereocenters. The van der Waals surface area contributed by atoms with Gasteiger partial charge in [0.05, 0.1) is 19.8 Å². The molecular weight excluding hydrogens is 432 g/mol.